The molecule has 3 heteroatoms. The van der Waals surface area contributed by atoms with Crippen molar-refractivity contribution in [3.05, 3.63) is 59.1 Å². The van der Waals surface area contributed by atoms with E-state index in [4.69, 9.17) is 17.3 Å². The molecule has 0 unspecified atom stereocenters. The maximum absolute atomic E-state index is 6.20. The van der Waals surface area contributed by atoms with Crippen LogP contribution in [0.3, 0.4) is 0 Å². The zero-order chi connectivity index (χ0) is 13.7. The van der Waals surface area contributed by atoms with Gasteiger partial charge in [0.25, 0.3) is 0 Å². The van der Waals surface area contributed by atoms with Gasteiger partial charge in [0.1, 0.15) is 0 Å². The molecule has 2 N–H and O–H groups in total. The van der Waals surface area contributed by atoms with Gasteiger partial charge in [0.05, 0.1) is 10.7 Å². The van der Waals surface area contributed by atoms with E-state index in [0.29, 0.717) is 10.7 Å². The minimum absolute atomic E-state index is 0.700. The van der Waals surface area contributed by atoms with Gasteiger partial charge in [-0.2, -0.15) is 0 Å². The Labute approximate surface area is 119 Å². The summed E-state index contributed by atoms with van der Waals surface area (Å²) in [5.41, 5.74) is 8.81. The van der Waals surface area contributed by atoms with Crippen LogP contribution in [0.5, 0.6) is 0 Å². The number of hydrogen-bond donors (Lipinski definition) is 1. The zero-order valence-corrected chi connectivity index (χ0v) is 11.9. The van der Waals surface area contributed by atoms with Gasteiger partial charge >= 0.3 is 0 Å². The van der Waals surface area contributed by atoms with Crippen LogP contribution in [0.1, 0.15) is 12.0 Å². The van der Waals surface area contributed by atoms with Crippen molar-refractivity contribution in [3.8, 4) is 0 Å². The summed E-state index contributed by atoms with van der Waals surface area (Å²) >= 11 is 6.20. The molecular weight excluding hydrogens is 256 g/mol. The van der Waals surface area contributed by atoms with E-state index in [1.807, 2.05) is 18.2 Å². The van der Waals surface area contributed by atoms with Crippen molar-refractivity contribution in [3.63, 3.8) is 0 Å². The molecule has 0 aliphatic rings. The summed E-state index contributed by atoms with van der Waals surface area (Å²) < 4.78 is 0. The van der Waals surface area contributed by atoms with Crippen molar-refractivity contribution in [2.45, 2.75) is 12.8 Å². The highest BCUT2D eigenvalue weighted by molar-refractivity contribution is 6.33. The molecule has 2 nitrogen and oxygen atoms in total. The number of aryl methyl sites for hydroxylation is 1. The molecule has 0 saturated heterocycles. The van der Waals surface area contributed by atoms with Gasteiger partial charge in [0, 0.05) is 19.3 Å². The van der Waals surface area contributed by atoms with Crippen LogP contribution in [-0.2, 0) is 6.42 Å². The van der Waals surface area contributed by atoms with Crippen LogP contribution in [0.4, 0.5) is 11.4 Å². The molecule has 0 fully saturated rings. The maximum Gasteiger partial charge on any atom is 0.0659 e. The number of anilines is 2. The minimum Gasteiger partial charge on any atom is -0.399 e. The molecule has 0 heterocycles. The number of hydrogen-bond acceptors (Lipinski definition) is 2. The largest absolute Gasteiger partial charge is 0.399 e. The Morgan fingerprint density at radius 2 is 1.84 bits per heavy atom. The molecule has 0 spiro atoms. The van der Waals surface area contributed by atoms with Gasteiger partial charge in [-0.05, 0) is 36.6 Å². The summed E-state index contributed by atoms with van der Waals surface area (Å²) in [6, 6.07) is 16.2. The van der Waals surface area contributed by atoms with Crippen LogP contribution in [-0.4, -0.2) is 13.6 Å². The molecule has 0 atom stereocenters. The Morgan fingerprint density at radius 1 is 1.11 bits per heavy atom. The summed E-state index contributed by atoms with van der Waals surface area (Å²) in [6.45, 7) is 0.971. The Bertz CT molecular complexity index is 526. The number of nitrogens with zero attached hydrogens (tertiary/aromatic N) is 1. The van der Waals surface area contributed by atoms with Crippen LogP contribution in [0.15, 0.2) is 48.5 Å². The topological polar surface area (TPSA) is 29.3 Å². The van der Waals surface area contributed by atoms with Gasteiger partial charge in [-0.1, -0.05) is 41.9 Å². The zero-order valence-electron chi connectivity index (χ0n) is 11.1. The van der Waals surface area contributed by atoms with Crippen LogP contribution in [0.25, 0.3) is 0 Å². The summed E-state index contributed by atoms with van der Waals surface area (Å²) in [5, 5.41) is 0.710. The second-order valence-electron chi connectivity index (χ2n) is 4.72. The number of rotatable bonds is 5. The van der Waals surface area contributed by atoms with Gasteiger partial charge in [0.15, 0.2) is 0 Å². The predicted molar refractivity (Wildman–Crippen MR) is 83.9 cm³/mol. The van der Waals surface area contributed by atoms with Crippen molar-refractivity contribution in [2.75, 3.05) is 24.2 Å². The predicted octanol–water partition coefficient (Wildman–Crippen LogP) is 3.99. The quantitative estimate of drug-likeness (QED) is 0.836. The average Bonchev–Trinajstić information content (AvgIpc) is 2.39. The van der Waals surface area contributed by atoms with Crippen LogP contribution < -0.4 is 10.6 Å². The second kappa shape index (κ2) is 6.48. The third-order valence-corrected chi connectivity index (χ3v) is 3.49. The van der Waals surface area contributed by atoms with E-state index < -0.39 is 0 Å². The number of halogens is 1. The highest BCUT2D eigenvalue weighted by Crippen LogP contribution is 2.27. The first-order valence-corrected chi connectivity index (χ1v) is 6.84. The van der Waals surface area contributed by atoms with E-state index in [2.05, 4.69) is 36.2 Å². The minimum atomic E-state index is 0.700. The molecule has 0 saturated carbocycles. The van der Waals surface area contributed by atoms with Crippen molar-refractivity contribution >= 4 is 23.0 Å². The molecule has 0 aromatic heterocycles. The summed E-state index contributed by atoms with van der Waals surface area (Å²) in [5.74, 6) is 0. The van der Waals surface area contributed by atoms with E-state index in [1.165, 1.54) is 5.56 Å². The van der Waals surface area contributed by atoms with Gasteiger partial charge in [-0.3, -0.25) is 0 Å². The number of nitrogen functional groups attached to an aromatic ring is 1. The first-order valence-electron chi connectivity index (χ1n) is 6.47. The van der Waals surface area contributed by atoms with E-state index in [0.717, 1.165) is 25.1 Å². The fourth-order valence-corrected chi connectivity index (χ4v) is 2.45. The molecule has 0 bridgehead atoms. The standard InChI is InChI=1S/C16H19ClN2/c1-19(16-10-9-14(18)12-15(16)17)11-5-8-13-6-3-2-4-7-13/h2-4,6-7,9-10,12H,5,8,11,18H2,1H3. The Morgan fingerprint density at radius 3 is 2.53 bits per heavy atom. The number of benzene rings is 2. The SMILES string of the molecule is CN(CCCc1ccccc1)c1ccc(N)cc1Cl. The molecule has 0 amide bonds. The highest BCUT2D eigenvalue weighted by Gasteiger charge is 2.06. The van der Waals surface area contributed by atoms with Gasteiger partial charge < -0.3 is 10.6 Å². The van der Waals surface area contributed by atoms with Crippen LogP contribution in [0, 0.1) is 0 Å². The molecule has 2 rings (SSSR count). The van der Waals surface area contributed by atoms with Gasteiger partial charge in [0.2, 0.25) is 0 Å². The normalized spacial score (nSPS) is 10.4. The molecule has 100 valence electrons. The van der Waals surface area contributed by atoms with Crippen LogP contribution in [0.2, 0.25) is 5.02 Å². The molecule has 19 heavy (non-hydrogen) atoms. The molecule has 2 aromatic carbocycles. The number of nitrogens with two attached hydrogens (primary N) is 1. The third kappa shape index (κ3) is 3.90. The van der Waals surface area contributed by atoms with Gasteiger partial charge in [-0.25, -0.2) is 0 Å². The Balaban J connectivity index is 1.89. The molecular formula is C16H19ClN2. The van der Waals surface area contributed by atoms with E-state index in [1.54, 1.807) is 6.07 Å². The molecule has 0 aliphatic heterocycles. The van der Waals surface area contributed by atoms with Crippen molar-refractivity contribution in [1.82, 2.24) is 0 Å². The maximum atomic E-state index is 6.20. The first kappa shape index (κ1) is 13.8. The third-order valence-electron chi connectivity index (χ3n) is 3.18. The highest BCUT2D eigenvalue weighted by atomic mass is 35.5. The molecule has 0 aliphatic carbocycles. The lowest BCUT2D eigenvalue weighted by Crippen LogP contribution is -2.19. The summed E-state index contributed by atoms with van der Waals surface area (Å²) in [6.07, 6.45) is 2.18. The summed E-state index contributed by atoms with van der Waals surface area (Å²) in [7, 11) is 2.06. The summed E-state index contributed by atoms with van der Waals surface area (Å²) in [4.78, 5) is 2.17. The van der Waals surface area contributed by atoms with E-state index >= 15 is 0 Å². The Hall–Kier alpha value is -1.67. The lowest BCUT2D eigenvalue weighted by molar-refractivity contribution is 0.786. The average molecular weight is 275 g/mol. The fourth-order valence-electron chi connectivity index (χ4n) is 2.12. The van der Waals surface area contributed by atoms with Crippen LogP contribution >= 0.6 is 11.6 Å². The monoisotopic (exact) mass is 274 g/mol. The van der Waals surface area contributed by atoms with Crippen molar-refractivity contribution < 1.29 is 0 Å². The Kier molecular flexibility index (Phi) is 4.69. The molecule has 2 aromatic rings. The lowest BCUT2D eigenvalue weighted by atomic mass is 10.1. The van der Waals surface area contributed by atoms with E-state index in [9.17, 15) is 0 Å². The lowest BCUT2D eigenvalue weighted by Gasteiger charge is -2.20. The van der Waals surface area contributed by atoms with E-state index in [-0.39, 0.29) is 0 Å². The second-order valence-corrected chi connectivity index (χ2v) is 5.13. The van der Waals surface area contributed by atoms with Gasteiger partial charge in [-0.15, -0.1) is 0 Å². The van der Waals surface area contributed by atoms with Crippen molar-refractivity contribution in [2.24, 2.45) is 0 Å². The van der Waals surface area contributed by atoms with Crippen molar-refractivity contribution in [1.29, 1.82) is 0 Å². The first-order chi connectivity index (χ1) is 9.16. The smallest absolute Gasteiger partial charge is 0.0659 e. The fraction of sp³-hybridized carbons (Fsp3) is 0.250. The molecule has 0 radical (unpaired) electrons.